The Kier molecular flexibility index (Phi) is 8.58. The summed E-state index contributed by atoms with van der Waals surface area (Å²) in [5.41, 5.74) is 2.15. The van der Waals surface area contributed by atoms with Crippen LogP contribution in [0, 0.1) is 12.8 Å². The van der Waals surface area contributed by atoms with Gasteiger partial charge in [0, 0.05) is 33.7 Å². The summed E-state index contributed by atoms with van der Waals surface area (Å²) in [6.07, 6.45) is 3.44. The summed E-state index contributed by atoms with van der Waals surface area (Å²) in [6.45, 7) is 3.46. The summed E-state index contributed by atoms with van der Waals surface area (Å²) in [4.78, 5) is 6.21. The highest BCUT2D eigenvalue weighted by molar-refractivity contribution is 7.89. The highest BCUT2D eigenvalue weighted by Gasteiger charge is 2.20. The van der Waals surface area contributed by atoms with Gasteiger partial charge in [0.2, 0.25) is 10.0 Å². The Morgan fingerprint density at radius 3 is 2.45 bits per heavy atom. The van der Waals surface area contributed by atoms with Crippen LogP contribution in [-0.2, 0) is 16.6 Å². The summed E-state index contributed by atoms with van der Waals surface area (Å²) in [5.74, 6) is 2.52. The van der Waals surface area contributed by atoms with E-state index < -0.39 is 10.0 Å². The minimum atomic E-state index is -3.28. The van der Waals surface area contributed by atoms with E-state index in [9.17, 15) is 8.42 Å². The van der Waals surface area contributed by atoms with Crippen molar-refractivity contribution in [2.75, 3.05) is 47.2 Å². The Labute approximate surface area is 174 Å². The van der Waals surface area contributed by atoms with Gasteiger partial charge in [0.15, 0.2) is 17.5 Å². The molecule has 0 heterocycles. The summed E-state index contributed by atoms with van der Waals surface area (Å²) in [5, 5.41) is 3.13. The summed E-state index contributed by atoms with van der Waals surface area (Å²) in [6, 6.07) is 3.89. The number of sulfonamides is 1. The molecule has 164 valence electrons. The van der Waals surface area contributed by atoms with Crippen molar-refractivity contribution < 1.29 is 17.9 Å². The molecule has 1 aromatic rings. The Bertz CT molecular complexity index is 807. The van der Waals surface area contributed by atoms with Gasteiger partial charge in [-0.15, -0.1) is 0 Å². The van der Waals surface area contributed by atoms with Crippen molar-refractivity contribution in [2.24, 2.45) is 10.9 Å². The fourth-order valence-corrected chi connectivity index (χ4v) is 4.22. The van der Waals surface area contributed by atoms with Gasteiger partial charge in [0.1, 0.15) is 0 Å². The number of nitrogens with one attached hydrogen (secondary N) is 2. The van der Waals surface area contributed by atoms with E-state index >= 15 is 0 Å². The lowest BCUT2D eigenvalue weighted by atomic mass is 9.86. The molecular formula is C20H34N4O4S. The van der Waals surface area contributed by atoms with Gasteiger partial charge in [-0.25, -0.2) is 13.1 Å². The molecule has 0 atom stereocenters. The van der Waals surface area contributed by atoms with E-state index in [0.29, 0.717) is 43.0 Å². The predicted octanol–water partition coefficient (Wildman–Crippen LogP) is 1.74. The van der Waals surface area contributed by atoms with Gasteiger partial charge in [-0.2, -0.15) is 0 Å². The number of ether oxygens (including phenoxy) is 2. The Morgan fingerprint density at radius 2 is 1.90 bits per heavy atom. The lowest BCUT2D eigenvalue weighted by molar-refractivity contribution is 0.316. The zero-order valence-corrected chi connectivity index (χ0v) is 18.9. The van der Waals surface area contributed by atoms with Crippen LogP contribution >= 0.6 is 0 Å². The van der Waals surface area contributed by atoms with Gasteiger partial charge in [-0.3, -0.25) is 4.99 Å². The molecule has 0 saturated heterocycles. The lowest BCUT2D eigenvalue weighted by Gasteiger charge is -2.25. The predicted molar refractivity (Wildman–Crippen MR) is 116 cm³/mol. The first-order valence-corrected chi connectivity index (χ1v) is 11.6. The molecule has 8 nitrogen and oxygen atoms in total. The zero-order valence-electron chi connectivity index (χ0n) is 18.1. The third-order valence-corrected chi connectivity index (χ3v) is 6.64. The van der Waals surface area contributed by atoms with E-state index in [1.54, 1.807) is 21.3 Å². The summed E-state index contributed by atoms with van der Waals surface area (Å²) < 4.78 is 37.7. The van der Waals surface area contributed by atoms with Crippen LogP contribution in [0.1, 0.15) is 30.4 Å². The number of benzene rings is 1. The van der Waals surface area contributed by atoms with E-state index in [1.807, 2.05) is 31.0 Å². The number of methoxy groups -OCH3 is 2. The third-order valence-electron chi connectivity index (χ3n) is 5.29. The zero-order chi connectivity index (χ0) is 21.4. The first-order valence-electron chi connectivity index (χ1n) is 9.90. The van der Waals surface area contributed by atoms with Crippen molar-refractivity contribution in [3.63, 3.8) is 0 Å². The maximum atomic E-state index is 12.2. The summed E-state index contributed by atoms with van der Waals surface area (Å²) in [7, 11) is 3.54. The SMILES string of the molecule is CN=C(NCCS(=O)(=O)NCC1CCC1)N(C)Cc1cc(OC)c(OC)cc1C. The molecule has 0 aliphatic heterocycles. The average molecular weight is 427 g/mol. The van der Waals surface area contributed by atoms with Crippen molar-refractivity contribution in [3.05, 3.63) is 23.3 Å². The van der Waals surface area contributed by atoms with Crippen molar-refractivity contribution >= 4 is 16.0 Å². The molecule has 1 aliphatic carbocycles. The first-order chi connectivity index (χ1) is 13.8. The second-order valence-electron chi connectivity index (χ2n) is 7.43. The molecule has 0 radical (unpaired) electrons. The molecule has 0 bridgehead atoms. The second kappa shape index (κ2) is 10.7. The number of rotatable bonds is 10. The molecule has 1 saturated carbocycles. The van der Waals surface area contributed by atoms with Crippen LogP contribution in [0.4, 0.5) is 0 Å². The standard InChI is InChI=1S/C20H34N4O4S/c1-15-11-18(27-4)19(28-5)12-17(15)14-24(3)20(21-2)22-9-10-29(25,26)23-13-16-7-6-8-16/h11-12,16,23H,6-10,13-14H2,1-5H3,(H,21,22). The van der Waals surface area contributed by atoms with Crippen LogP contribution in [-0.4, -0.2) is 66.4 Å². The third kappa shape index (κ3) is 6.78. The van der Waals surface area contributed by atoms with Gasteiger partial charge in [-0.05, 0) is 48.9 Å². The van der Waals surface area contributed by atoms with Crippen molar-refractivity contribution in [1.82, 2.24) is 14.9 Å². The first kappa shape index (κ1) is 23.3. The van der Waals surface area contributed by atoms with Gasteiger partial charge >= 0.3 is 0 Å². The largest absolute Gasteiger partial charge is 0.493 e. The monoisotopic (exact) mass is 426 g/mol. The molecular weight excluding hydrogens is 392 g/mol. The molecule has 0 unspecified atom stereocenters. The number of nitrogens with zero attached hydrogens (tertiary/aromatic N) is 2. The average Bonchev–Trinajstić information content (AvgIpc) is 2.64. The fraction of sp³-hybridized carbons (Fsp3) is 0.650. The van der Waals surface area contributed by atoms with Crippen molar-refractivity contribution in [3.8, 4) is 11.5 Å². The van der Waals surface area contributed by atoms with Gasteiger partial charge < -0.3 is 19.7 Å². The smallest absolute Gasteiger partial charge is 0.213 e. The molecule has 2 N–H and O–H groups in total. The Hall–Kier alpha value is -2.00. The van der Waals surface area contributed by atoms with E-state index in [0.717, 1.165) is 24.0 Å². The van der Waals surface area contributed by atoms with Crippen LogP contribution in [0.15, 0.2) is 17.1 Å². The molecule has 1 aliphatic rings. The van der Waals surface area contributed by atoms with E-state index in [2.05, 4.69) is 15.0 Å². The maximum Gasteiger partial charge on any atom is 0.213 e. The number of aryl methyl sites for hydroxylation is 1. The number of guanidine groups is 1. The van der Waals surface area contributed by atoms with Crippen LogP contribution in [0.25, 0.3) is 0 Å². The number of hydrogen-bond acceptors (Lipinski definition) is 5. The molecule has 0 spiro atoms. The van der Waals surface area contributed by atoms with Gasteiger partial charge in [-0.1, -0.05) is 6.42 Å². The van der Waals surface area contributed by atoms with E-state index in [1.165, 1.54) is 6.42 Å². The Balaban J connectivity index is 1.89. The highest BCUT2D eigenvalue weighted by Crippen LogP contribution is 2.30. The molecule has 0 aromatic heterocycles. The van der Waals surface area contributed by atoms with Gasteiger partial charge in [0.25, 0.3) is 0 Å². The molecule has 2 rings (SSSR count). The Morgan fingerprint density at radius 1 is 1.24 bits per heavy atom. The van der Waals surface area contributed by atoms with Crippen LogP contribution < -0.4 is 19.5 Å². The maximum absolute atomic E-state index is 12.2. The van der Waals surface area contributed by atoms with Crippen molar-refractivity contribution in [1.29, 1.82) is 0 Å². The number of aliphatic imine (C=N–C) groups is 1. The minimum Gasteiger partial charge on any atom is -0.493 e. The fourth-order valence-electron chi connectivity index (χ4n) is 3.22. The van der Waals surface area contributed by atoms with Crippen LogP contribution in [0.5, 0.6) is 11.5 Å². The quantitative estimate of drug-likeness (QED) is 0.437. The normalized spacial score (nSPS) is 15.0. The van der Waals surface area contributed by atoms with Crippen LogP contribution in [0.2, 0.25) is 0 Å². The molecule has 1 aromatic carbocycles. The van der Waals surface area contributed by atoms with Crippen molar-refractivity contribution in [2.45, 2.75) is 32.7 Å². The summed E-state index contributed by atoms with van der Waals surface area (Å²) >= 11 is 0. The minimum absolute atomic E-state index is 0.0158. The highest BCUT2D eigenvalue weighted by atomic mass is 32.2. The van der Waals surface area contributed by atoms with E-state index in [-0.39, 0.29) is 5.75 Å². The van der Waals surface area contributed by atoms with Crippen LogP contribution in [0.3, 0.4) is 0 Å². The second-order valence-corrected chi connectivity index (χ2v) is 9.35. The topological polar surface area (TPSA) is 92.3 Å². The molecule has 0 amide bonds. The lowest BCUT2D eigenvalue weighted by Crippen LogP contribution is -2.42. The van der Waals surface area contributed by atoms with Gasteiger partial charge in [0.05, 0.1) is 20.0 Å². The molecule has 1 fully saturated rings. The van der Waals surface area contributed by atoms with E-state index in [4.69, 9.17) is 9.47 Å². The molecule has 29 heavy (non-hydrogen) atoms. The molecule has 9 heteroatoms. The number of hydrogen-bond donors (Lipinski definition) is 2.